The number of aromatic nitrogens is 2. The van der Waals surface area contributed by atoms with Gasteiger partial charge in [0.05, 0.1) is 12.5 Å². The molecule has 92 valence electrons. The highest BCUT2D eigenvalue weighted by Crippen LogP contribution is 2.23. The van der Waals surface area contributed by atoms with E-state index in [9.17, 15) is 4.79 Å². The fourth-order valence-electron chi connectivity index (χ4n) is 1.93. The minimum Gasteiger partial charge on any atom is -0.478 e. The second-order valence-corrected chi connectivity index (χ2v) is 3.98. The van der Waals surface area contributed by atoms with Crippen LogP contribution in [0.3, 0.4) is 0 Å². The molecule has 0 spiro atoms. The quantitative estimate of drug-likeness (QED) is 0.806. The van der Waals surface area contributed by atoms with Gasteiger partial charge in [0.25, 0.3) is 0 Å². The first kappa shape index (κ1) is 11.6. The fraction of sp³-hybridized carbons (Fsp3) is 0.545. The summed E-state index contributed by atoms with van der Waals surface area (Å²) in [6, 6.07) is 1.78. The lowest BCUT2D eigenvalue weighted by Gasteiger charge is -2.17. The van der Waals surface area contributed by atoms with Crippen molar-refractivity contribution in [2.24, 2.45) is 11.7 Å². The maximum Gasteiger partial charge on any atom is 0.222 e. The van der Waals surface area contributed by atoms with Crippen molar-refractivity contribution in [3.05, 3.63) is 12.4 Å². The number of anilines is 1. The van der Waals surface area contributed by atoms with Crippen molar-refractivity contribution in [3.63, 3.8) is 0 Å². The summed E-state index contributed by atoms with van der Waals surface area (Å²) in [6.45, 7) is 3.88. The van der Waals surface area contributed by atoms with Crippen LogP contribution in [0.25, 0.3) is 0 Å². The van der Waals surface area contributed by atoms with Gasteiger partial charge in [-0.1, -0.05) is 0 Å². The summed E-state index contributed by atoms with van der Waals surface area (Å²) < 4.78 is 5.31. The molecule has 2 N–H and O–H groups in total. The van der Waals surface area contributed by atoms with E-state index in [0.717, 1.165) is 18.8 Å². The molecule has 0 bridgehead atoms. The highest BCUT2D eigenvalue weighted by Gasteiger charge is 2.27. The number of primary amides is 1. The molecule has 0 aliphatic carbocycles. The van der Waals surface area contributed by atoms with E-state index in [4.69, 9.17) is 10.5 Å². The largest absolute Gasteiger partial charge is 0.478 e. The third-order valence-corrected chi connectivity index (χ3v) is 2.83. The molecule has 1 atom stereocenters. The molecule has 2 heterocycles. The standard InChI is InChI=1S/C11H16N4O2/c1-2-17-10-5-9(13-7-14-10)15-4-3-8(6-15)11(12)16/h5,7-8H,2-4,6H2,1H3,(H2,12,16)/t8-/m1/s1. The average molecular weight is 236 g/mol. The molecule has 2 rings (SSSR count). The van der Waals surface area contributed by atoms with Gasteiger partial charge in [-0.15, -0.1) is 0 Å². The Hall–Kier alpha value is -1.85. The Balaban J connectivity index is 2.08. The maximum atomic E-state index is 11.1. The molecule has 0 unspecified atom stereocenters. The number of rotatable bonds is 4. The zero-order chi connectivity index (χ0) is 12.3. The first-order valence-electron chi connectivity index (χ1n) is 5.69. The Morgan fingerprint density at radius 3 is 3.12 bits per heavy atom. The molecule has 1 amide bonds. The minimum atomic E-state index is -0.244. The van der Waals surface area contributed by atoms with Crippen LogP contribution in [-0.4, -0.2) is 35.6 Å². The monoisotopic (exact) mass is 236 g/mol. The number of ether oxygens (including phenoxy) is 1. The van der Waals surface area contributed by atoms with E-state index < -0.39 is 0 Å². The van der Waals surface area contributed by atoms with Crippen molar-refractivity contribution in [3.8, 4) is 5.88 Å². The second kappa shape index (κ2) is 4.99. The Morgan fingerprint density at radius 2 is 2.47 bits per heavy atom. The Kier molecular flexibility index (Phi) is 3.41. The van der Waals surface area contributed by atoms with E-state index in [2.05, 4.69) is 9.97 Å². The van der Waals surface area contributed by atoms with Crippen molar-refractivity contribution < 1.29 is 9.53 Å². The number of nitrogens with two attached hydrogens (primary N) is 1. The Morgan fingerprint density at radius 1 is 1.65 bits per heavy atom. The van der Waals surface area contributed by atoms with Crippen molar-refractivity contribution in [1.82, 2.24) is 9.97 Å². The normalized spacial score (nSPS) is 19.4. The van der Waals surface area contributed by atoms with E-state index in [1.165, 1.54) is 6.33 Å². The molecule has 0 saturated carbocycles. The highest BCUT2D eigenvalue weighted by atomic mass is 16.5. The molecule has 1 aliphatic heterocycles. The minimum absolute atomic E-state index is 0.0829. The van der Waals surface area contributed by atoms with Gasteiger partial charge in [-0.05, 0) is 13.3 Å². The molecule has 6 nitrogen and oxygen atoms in total. The summed E-state index contributed by atoms with van der Waals surface area (Å²) in [5.74, 6) is 1.01. The topological polar surface area (TPSA) is 81.3 Å². The summed E-state index contributed by atoms with van der Waals surface area (Å²) in [7, 11) is 0. The molecule has 0 aromatic carbocycles. The summed E-state index contributed by atoms with van der Waals surface area (Å²) in [5.41, 5.74) is 5.29. The van der Waals surface area contributed by atoms with Crippen LogP contribution in [0.2, 0.25) is 0 Å². The predicted molar refractivity (Wildman–Crippen MR) is 62.7 cm³/mol. The molecular weight excluding hydrogens is 220 g/mol. The third kappa shape index (κ3) is 2.64. The zero-order valence-corrected chi connectivity index (χ0v) is 9.80. The number of carbonyl (C=O) groups excluding carboxylic acids is 1. The highest BCUT2D eigenvalue weighted by molar-refractivity contribution is 5.78. The van der Waals surface area contributed by atoms with Crippen molar-refractivity contribution in [2.75, 3.05) is 24.6 Å². The molecule has 6 heteroatoms. The lowest BCUT2D eigenvalue weighted by atomic mass is 10.1. The lowest BCUT2D eigenvalue weighted by Crippen LogP contribution is -2.27. The molecule has 0 radical (unpaired) electrons. The van der Waals surface area contributed by atoms with Gasteiger partial charge in [0.2, 0.25) is 11.8 Å². The summed E-state index contributed by atoms with van der Waals surface area (Å²) in [6.07, 6.45) is 2.25. The van der Waals surface area contributed by atoms with Crippen LogP contribution in [0.15, 0.2) is 12.4 Å². The van der Waals surface area contributed by atoms with Crippen LogP contribution >= 0.6 is 0 Å². The van der Waals surface area contributed by atoms with Crippen molar-refractivity contribution >= 4 is 11.7 Å². The average Bonchev–Trinajstić information content (AvgIpc) is 2.79. The van der Waals surface area contributed by atoms with Crippen LogP contribution in [0.5, 0.6) is 5.88 Å². The predicted octanol–water partition coefficient (Wildman–Crippen LogP) is 0.187. The van der Waals surface area contributed by atoms with Crippen LogP contribution in [0.1, 0.15) is 13.3 Å². The van der Waals surface area contributed by atoms with Crippen LogP contribution in [0, 0.1) is 5.92 Å². The number of hydrogen-bond donors (Lipinski definition) is 1. The van der Waals surface area contributed by atoms with Crippen LogP contribution in [-0.2, 0) is 4.79 Å². The molecular formula is C11H16N4O2. The summed E-state index contributed by atoms with van der Waals surface area (Å²) in [4.78, 5) is 21.3. The number of carbonyl (C=O) groups is 1. The molecule has 1 aromatic rings. The van der Waals surface area contributed by atoms with Crippen LogP contribution < -0.4 is 15.4 Å². The van der Waals surface area contributed by atoms with E-state index in [0.29, 0.717) is 19.0 Å². The van der Waals surface area contributed by atoms with E-state index in [1.807, 2.05) is 11.8 Å². The van der Waals surface area contributed by atoms with E-state index in [1.54, 1.807) is 6.07 Å². The van der Waals surface area contributed by atoms with Crippen molar-refractivity contribution in [2.45, 2.75) is 13.3 Å². The van der Waals surface area contributed by atoms with Gasteiger partial charge in [-0.3, -0.25) is 4.79 Å². The Bertz CT molecular complexity index is 410. The van der Waals surface area contributed by atoms with Crippen molar-refractivity contribution in [1.29, 1.82) is 0 Å². The van der Waals surface area contributed by atoms with Gasteiger partial charge in [0.15, 0.2) is 0 Å². The molecule has 1 saturated heterocycles. The first-order chi connectivity index (χ1) is 8.20. The summed E-state index contributed by atoms with van der Waals surface area (Å²) >= 11 is 0. The maximum absolute atomic E-state index is 11.1. The molecule has 1 aromatic heterocycles. The van der Waals surface area contributed by atoms with Gasteiger partial charge in [0, 0.05) is 19.2 Å². The number of hydrogen-bond acceptors (Lipinski definition) is 5. The molecule has 1 aliphatic rings. The smallest absolute Gasteiger partial charge is 0.222 e. The lowest BCUT2D eigenvalue weighted by molar-refractivity contribution is -0.121. The van der Waals surface area contributed by atoms with E-state index in [-0.39, 0.29) is 11.8 Å². The molecule has 17 heavy (non-hydrogen) atoms. The van der Waals surface area contributed by atoms with Gasteiger partial charge >= 0.3 is 0 Å². The fourth-order valence-corrected chi connectivity index (χ4v) is 1.93. The number of nitrogens with zero attached hydrogens (tertiary/aromatic N) is 3. The first-order valence-corrected chi connectivity index (χ1v) is 5.69. The second-order valence-electron chi connectivity index (χ2n) is 3.98. The van der Waals surface area contributed by atoms with Gasteiger partial charge < -0.3 is 15.4 Å². The van der Waals surface area contributed by atoms with E-state index >= 15 is 0 Å². The SMILES string of the molecule is CCOc1cc(N2CC[C@@H](C(N)=O)C2)ncn1. The zero-order valence-electron chi connectivity index (χ0n) is 9.80. The van der Waals surface area contributed by atoms with Gasteiger partial charge in [0.1, 0.15) is 12.1 Å². The third-order valence-electron chi connectivity index (χ3n) is 2.83. The molecule has 1 fully saturated rings. The summed E-state index contributed by atoms with van der Waals surface area (Å²) in [5, 5.41) is 0. The number of amides is 1. The van der Waals surface area contributed by atoms with Gasteiger partial charge in [-0.25, -0.2) is 9.97 Å². The van der Waals surface area contributed by atoms with Gasteiger partial charge in [-0.2, -0.15) is 0 Å². The van der Waals surface area contributed by atoms with Crippen LogP contribution in [0.4, 0.5) is 5.82 Å². The Labute approximate surface area is 99.8 Å².